The van der Waals surface area contributed by atoms with E-state index >= 15 is 0 Å². The number of carbonyl (C=O) groups is 4. The smallest absolute Gasteiger partial charge is 0.287 e. The summed E-state index contributed by atoms with van der Waals surface area (Å²) in [5, 5.41) is 6.51. The van der Waals surface area contributed by atoms with Gasteiger partial charge in [0.25, 0.3) is 5.91 Å². The first kappa shape index (κ1) is 19.5. The van der Waals surface area contributed by atoms with Gasteiger partial charge in [-0.25, -0.2) is 0 Å². The standard InChI is InChI=1S/C19H25NO4S/c1-12(2)16(10-15(21)4-3-13-6-8-25-11-13)17(22)9-14-5-7-20-19(24)18(14)23/h6,8,11-12,14,16H,3-5,7,9-10H2,1-2H3,(H,20,24). The molecule has 1 fully saturated rings. The van der Waals surface area contributed by atoms with Crippen molar-refractivity contribution in [1.29, 1.82) is 0 Å². The average molecular weight is 363 g/mol. The molecular formula is C19H25NO4S. The fraction of sp³-hybridized carbons (Fsp3) is 0.579. The number of Topliss-reactive ketones (excluding diaryl/α,β-unsaturated/α-hetero) is 3. The maximum Gasteiger partial charge on any atom is 0.287 e. The maximum absolute atomic E-state index is 12.6. The topological polar surface area (TPSA) is 80.3 Å². The second-order valence-corrected chi connectivity index (χ2v) is 7.78. The van der Waals surface area contributed by atoms with Gasteiger partial charge < -0.3 is 5.32 Å². The molecule has 2 heterocycles. The highest BCUT2D eigenvalue weighted by molar-refractivity contribution is 7.07. The van der Waals surface area contributed by atoms with Crippen molar-refractivity contribution in [3.8, 4) is 0 Å². The molecule has 2 atom stereocenters. The molecule has 1 aliphatic rings. The van der Waals surface area contributed by atoms with E-state index in [2.05, 4.69) is 5.32 Å². The molecule has 1 saturated heterocycles. The highest BCUT2D eigenvalue weighted by atomic mass is 32.1. The van der Waals surface area contributed by atoms with Crippen molar-refractivity contribution in [3.63, 3.8) is 0 Å². The molecule has 1 aromatic rings. The third-order valence-corrected chi connectivity index (χ3v) is 5.49. The SMILES string of the molecule is CC(C)C(CC(=O)CCc1ccsc1)C(=O)CC1CCNC(=O)C1=O. The number of carbonyl (C=O) groups excluding carboxylic acids is 4. The zero-order chi connectivity index (χ0) is 18.4. The zero-order valence-corrected chi connectivity index (χ0v) is 15.6. The molecule has 0 spiro atoms. The summed E-state index contributed by atoms with van der Waals surface area (Å²) in [5.41, 5.74) is 1.14. The number of rotatable bonds is 9. The van der Waals surface area contributed by atoms with Gasteiger partial charge in [-0.2, -0.15) is 11.3 Å². The van der Waals surface area contributed by atoms with Crippen molar-refractivity contribution < 1.29 is 19.2 Å². The van der Waals surface area contributed by atoms with Crippen LogP contribution in [0.5, 0.6) is 0 Å². The molecule has 0 aromatic carbocycles. The lowest BCUT2D eigenvalue weighted by molar-refractivity contribution is -0.143. The van der Waals surface area contributed by atoms with E-state index in [-0.39, 0.29) is 36.2 Å². The Morgan fingerprint density at radius 2 is 2.08 bits per heavy atom. The quantitative estimate of drug-likeness (QED) is 0.684. The molecule has 1 aromatic heterocycles. The lowest BCUT2D eigenvalue weighted by Crippen LogP contribution is -2.43. The second kappa shape index (κ2) is 9.04. The second-order valence-electron chi connectivity index (χ2n) is 7.00. The van der Waals surface area contributed by atoms with Gasteiger partial charge in [0.05, 0.1) is 0 Å². The molecule has 0 aliphatic carbocycles. The number of ketones is 3. The van der Waals surface area contributed by atoms with Gasteiger partial charge in [-0.3, -0.25) is 19.2 Å². The van der Waals surface area contributed by atoms with Gasteiger partial charge in [-0.15, -0.1) is 0 Å². The summed E-state index contributed by atoms with van der Waals surface area (Å²) in [5.74, 6) is -2.00. The van der Waals surface area contributed by atoms with Crippen molar-refractivity contribution in [3.05, 3.63) is 22.4 Å². The van der Waals surface area contributed by atoms with Crippen molar-refractivity contribution in [2.75, 3.05) is 6.54 Å². The first-order valence-corrected chi connectivity index (χ1v) is 9.70. The highest BCUT2D eigenvalue weighted by Gasteiger charge is 2.34. The Morgan fingerprint density at radius 3 is 2.72 bits per heavy atom. The molecule has 25 heavy (non-hydrogen) atoms. The van der Waals surface area contributed by atoms with Gasteiger partial charge in [0.15, 0.2) is 0 Å². The van der Waals surface area contributed by atoms with Gasteiger partial charge in [-0.1, -0.05) is 13.8 Å². The third-order valence-electron chi connectivity index (χ3n) is 4.76. The van der Waals surface area contributed by atoms with E-state index in [4.69, 9.17) is 0 Å². The average Bonchev–Trinajstić information content (AvgIpc) is 3.08. The number of thiophene rings is 1. The largest absolute Gasteiger partial charge is 0.349 e. The van der Waals surface area contributed by atoms with Crippen LogP contribution in [0.25, 0.3) is 0 Å². The van der Waals surface area contributed by atoms with E-state index in [0.717, 1.165) is 5.56 Å². The Kier molecular flexibility index (Phi) is 7.05. The molecule has 1 N–H and O–H groups in total. The lowest BCUT2D eigenvalue weighted by Gasteiger charge is -2.24. The van der Waals surface area contributed by atoms with Crippen LogP contribution in [0.15, 0.2) is 16.8 Å². The molecule has 0 saturated carbocycles. The number of aryl methyl sites for hydroxylation is 1. The summed E-state index contributed by atoms with van der Waals surface area (Å²) in [6.07, 6.45) is 1.90. The van der Waals surface area contributed by atoms with Crippen LogP contribution in [-0.4, -0.2) is 29.8 Å². The van der Waals surface area contributed by atoms with Gasteiger partial charge >= 0.3 is 0 Å². The molecule has 136 valence electrons. The first-order chi connectivity index (χ1) is 11.9. The van der Waals surface area contributed by atoms with E-state index in [0.29, 0.717) is 25.8 Å². The minimum Gasteiger partial charge on any atom is -0.349 e. The van der Waals surface area contributed by atoms with E-state index in [1.807, 2.05) is 30.7 Å². The van der Waals surface area contributed by atoms with E-state index < -0.39 is 17.6 Å². The summed E-state index contributed by atoms with van der Waals surface area (Å²) in [7, 11) is 0. The van der Waals surface area contributed by atoms with Crippen LogP contribution < -0.4 is 5.32 Å². The normalized spacial score (nSPS) is 18.9. The van der Waals surface area contributed by atoms with Crippen LogP contribution in [-0.2, 0) is 25.6 Å². The molecule has 2 rings (SSSR count). The van der Waals surface area contributed by atoms with Gasteiger partial charge in [0, 0.05) is 37.6 Å². The molecule has 0 bridgehead atoms. The number of hydrogen-bond donors (Lipinski definition) is 1. The molecule has 5 nitrogen and oxygen atoms in total. The number of piperidine rings is 1. The number of hydrogen-bond acceptors (Lipinski definition) is 5. The maximum atomic E-state index is 12.6. The van der Waals surface area contributed by atoms with Gasteiger partial charge in [0.2, 0.25) is 5.78 Å². The van der Waals surface area contributed by atoms with Crippen LogP contribution in [0.4, 0.5) is 0 Å². The van der Waals surface area contributed by atoms with Crippen molar-refractivity contribution in [1.82, 2.24) is 5.32 Å². The Hall–Kier alpha value is -1.82. The third kappa shape index (κ3) is 5.59. The summed E-state index contributed by atoms with van der Waals surface area (Å²) in [6, 6.07) is 2.00. The van der Waals surface area contributed by atoms with E-state index in [9.17, 15) is 19.2 Å². The van der Waals surface area contributed by atoms with Crippen LogP contribution in [0.2, 0.25) is 0 Å². The summed E-state index contributed by atoms with van der Waals surface area (Å²) < 4.78 is 0. The predicted molar refractivity (Wildman–Crippen MR) is 96.3 cm³/mol. The number of amides is 1. The molecule has 0 radical (unpaired) electrons. The van der Waals surface area contributed by atoms with Crippen LogP contribution >= 0.6 is 11.3 Å². The zero-order valence-electron chi connectivity index (χ0n) is 14.7. The van der Waals surface area contributed by atoms with E-state index in [1.165, 1.54) is 0 Å². The fourth-order valence-electron chi connectivity index (χ4n) is 3.14. The predicted octanol–water partition coefficient (Wildman–Crippen LogP) is 2.58. The van der Waals surface area contributed by atoms with Crippen molar-refractivity contribution >= 4 is 34.6 Å². The van der Waals surface area contributed by atoms with E-state index in [1.54, 1.807) is 11.3 Å². The minimum absolute atomic E-state index is 0.0325. The lowest BCUT2D eigenvalue weighted by atomic mass is 9.80. The molecule has 6 heteroatoms. The van der Waals surface area contributed by atoms with Gasteiger partial charge in [0.1, 0.15) is 11.6 Å². The minimum atomic E-state index is -0.600. The molecule has 2 unspecified atom stereocenters. The van der Waals surface area contributed by atoms with Crippen LogP contribution in [0, 0.1) is 17.8 Å². The van der Waals surface area contributed by atoms with Crippen molar-refractivity contribution in [2.45, 2.75) is 46.0 Å². The molecule has 1 aliphatic heterocycles. The Balaban J connectivity index is 1.90. The van der Waals surface area contributed by atoms with Crippen LogP contribution in [0.3, 0.4) is 0 Å². The van der Waals surface area contributed by atoms with Crippen molar-refractivity contribution in [2.24, 2.45) is 17.8 Å². The Labute approximate surface area is 152 Å². The fourth-order valence-corrected chi connectivity index (χ4v) is 3.84. The Bertz CT molecular complexity index is 636. The summed E-state index contributed by atoms with van der Waals surface area (Å²) in [4.78, 5) is 48.2. The molecule has 1 amide bonds. The Morgan fingerprint density at radius 1 is 1.32 bits per heavy atom. The molecular weight excluding hydrogens is 338 g/mol. The van der Waals surface area contributed by atoms with Crippen LogP contribution in [0.1, 0.15) is 45.1 Å². The van der Waals surface area contributed by atoms with Gasteiger partial charge in [-0.05, 0) is 41.1 Å². The first-order valence-electron chi connectivity index (χ1n) is 8.76. The summed E-state index contributed by atoms with van der Waals surface area (Å²) >= 11 is 1.60. The number of nitrogens with one attached hydrogen (secondary N) is 1. The summed E-state index contributed by atoms with van der Waals surface area (Å²) in [6.45, 7) is 4.27. The monoisotopic (exact) mass is 363 g/mol. The highest BCUT2D eigenvalue weighted by Crippen LogP contribution is 2.24.